The maximum Gasteiger partial charge on any atom is 0.229 e. The number of amides is 1. The lowest BCUT2D eigenvalue weighted by Gasteiger charge is -2.32. The van der Waals surface area contributed by atoms with Crippen molar-refractivity contribution in [3.05, 3.63) is 59.0 Å². The summed E-state index contributed by atoms with van der Waals surface area (Å²) in [5.74, 6) is 0.871. The summed E-state index contributed by atoms with van der Waals surface area (Å²) in [6, 6.07) is 14.2. The molecule has 0 saturated carbocycles. The Bertz CT molecular complexity index is 933. The molecule has 1 N–H and O–H groups in total. The first-order chi connectivity index (χ1) is 13.6. The van der Waals surface area contributed by atoms with E-state index in [-0.39, 0.29) is 11.8 Å². The van der Waals surface area contributed by atoms with E-state index in [1.807, 2.05) is 55.6 Å². The standard InChI is InChI=1S/C22H24N4OS/c1-15-11-16(2)13-18(12-15)23-22(27)17-5-3-9-26(14-17)21-8-7-19(24-25-21)20-6-4-10-28-20/h4,6-8,10-13,17H,3,5,9,14H2,1-2H3,(H,23,27). The Hall–Kier alpha value is -2.73. The molecule has 1 saturated heterocycles. The molecule has 144 valence electrons. The fourth-order valence-corrected chi connectivity index (χ4v) is 4.43. The molecule has 1 fully saturated rings. The largest absolute Gasteiger partial charge is 0.354 e. The fourth-order valence-electron chi connectivity index (χ4n) is 3.74. The molecular formula is C22H24N4OS. The number of benzene rings is 1. The average Bonchev–Trinajstić information content (AvgIpc) is 3.22. The van der Waals surface area contributed by atoms with Crippen molar-refractivity contribution < 1.29 is 4.79 Å². The van der Waals surface area contributed by atoms with E-state index in [2.05, 4.69) is 26.5 Å². The fraction of sp³-hybridized carbons (Fsp3) is 0.318. The average molecular weight is 393 g/mol. The third-order valence-electron chi connectivity index (χ3n) is 5.03. The number of carbonyl (C=O) groups is 1. The number of hydrogen-bond acceptors (Lipinski definition) is 5. The predicted octanol–water partition coefficient (Wildman–Crippen LogP) is 4.68. The lowest BCUT2D eigenvalue weighted by molar-refractivity contribution is -0.120. The molecule has 1 aliphatic heterocycles. The minimum Gasteiger partial charge on any atom is -0.354 e. The van der Waals surface area contributed by atoms with Crippen molar-refractivity contribution in [3.63, 3.8) is 0 Å². The summed E-state index contributed by atoms with van der Waals surface area (Å²) in [7, 11) is 0. The summed E-state index contributed by atoms with van der Waals surface area (Å²) < 4.78 is 0. The quantitative estimate of drug-likeness (QED) is 0.701. The number of rotatable bonds is 4. The van der Waals surface area contributed by atoms with Gasteiger partial charge in [0.25, 0.3) is 0 Å². The Kier molecular flexibility index (Phi) is 5.39. The second-order valence-corrected chi connectivity index (χ2v) is 8.35. The minimum atomic E-state index is -0.0478. The number of piperidine rings is 1. The van der Waals surface area contributed by atoms with Gasteiger partial charge in [-0.3, -0.25) is 4.79 Å². The highest BCUT2D eigenvalue weighted by atomic mass is 32.1. The SMILES string of the molecule is Cc1cc(C)cc(NC(=O)C2CCCN(c3ccc(-c4cccs4)nn3)C2)c1. The molecule has 28 heavy (non-hydrogen) atoms. The van der Waals surface area contributed by atoms with Gasteiger partial charge in [-0.1, -0.05) is 12.1 Å². The molecule has 0 radical (unpaired) electrons. The Morgan fingerprint density at radius 2 is 1.96 bits per heavy atom. The Balaban J connectivity index is 1.43. The van der Waals surface area contributed by atoms with Crippen molar-refractivity contribution in [2.24, 2.45) is 5.92 Å². The zero-order chi connectivity index (χ0) is 19.5. The number of thiophene rings is 1. The van der Waals surface area contributed by atoms with Gasteiger partial charge in [0.2, 0.25) is 5.91 Å². The van der Waals surface area contributed by atoms with Crippen LogP contribution >= 0.6 is 11.3 Å². The number of nitrogens with zero attached hydrogens (tertiary/aromatic N) is 3. The van der Waals surface area contributed by atoms with Crippen molar-refractivity contribution >= 4 is 28.7 Å². The normalized spacial score (nSPS) is 16.8. The summed E-state index contributed by atoms with van der Waals surface area (Å²) in [5, 5.41) is 13.9. The molecule has 0 aliphatic carbocycles. The van der Waals surface area contributed by atoms with Crippen LogP contribution in [0.3, 0.4) is 0 Å². The first-order valence-electron chi connectivity index (χ1n) is 9.60. The van der Waals surface area contributed by atoms with Crippen LogP contribution in [0.5, 0.6) is 0 Å². The molecular weight excluding hydrogens is 368 g/mol. The lowest BCUT2D eigenvalue weighted by atomic mass is 9.97. The predicted molar refractivity (Wildman–Crippen MR) is 115 cm³/mol. The third-order valence-corrected chi connectivity index (χ3v) is 5.92. The van der Waals surface area contributed by atoms with Crippen molar-refractivity contribution in [1.29, 1.82) is 0 Å². The van der Waals surface area contributed by atoms with Gasteiger partial charge >= 0.3 is 0 Å². The van der Waals surface area contributed by atoms with Crippen LogP contribution < -0.4 is 10.2 Å². The molecule has 2 aromatic heterocycles. The van der Waals surface area contributed by atoms with Gasteiger partial charge in [-0.15, -0.1) is 21.5 Å². The zero-order valence-electron chi connectivity index (χ0n) is 16.2. The van der Waals surface area contributed by atoms with Gasteiger partial charge in [0.05, 0.1) is 10.8 Å². The van der Waals surface area contributed by atoms with Gasteiger partial charge in [-0.2, -0.15) is 0 Å². The van der Waals surface area contributed by atoms with Crippen LogP contribution in [0.4, 0.5) is 11.5 Å². The molecule has 1 aliphatic rings. The number of hydrogen-bond donors (Lipinski definition) is 1. The molecule has 4 rings (SSSR count). The summed E-state index contributed by atoms with van der Waals surface area (Å²) >= 11 is 1.66. The highest BCUT2D eigenvalue weighted by molar-refractivity contribution is 7.13. The third kappa shape index (κ3) is 4.22. The smallest absolute Gasteiger partial charge is 0.229 e. The summed E-state index contributed by atoms with van der Waals surface area (Å²) in [5.41, 5.74) is 4.07. The summed E-state index contributed by atoms with van der Waals surface area (Å²) in [4.78, 5) is 16.1. The number of nitrogens with one attached hydrogen (secondary N) is 1. The van der Waals surface area contributed by atoms with E-state index in [0.29, 0.717) is 6.54 Å². The van der Waals surface area contributed by atoms with Crippen LogP contribution in [0.25, 0.3) is 10.6 Å². The van der Waals surface area contributed by atoms with Crippen LogP contribution in [-0.4, -0.2) is 29.2 Å². The second kappa shape index (κ2) is 8.10. The molecule has 1 amide bonds. The first kappa shape index (κ1) is 18.6. The Morgan fingerprint density at radius 1 is 1.14 bits per heavy atom. The van der Waals surface area contributed by atoms with Crippen molar-refractivity contribution in [1.82, 2.24) is 10.2 Å². The number of aromatic nitrogens is 2. The topological polar surface area (TPSA) is 58.1 Å². The van der Waals surface area contributed by atoms with Gasteiger partial charge in [-0.05, 0) is 73.5 Å². The number of aryl methyl sites for hydroxylation is 2. The first-order valence-corrected chi connectivity index (χ1v) is 10.5. The van der Waals surface area contributed by atoms with Gasteiger partial charge in [-0.25, -0.2) is 0 Å². The second-order valence-electron chi connectivity index (χ2n) is 7.40. The molecule has 3 aromatic rings. The lowest BCUT2D eigenvalue weighted by Crippen LogP contribution is -2.41. The maximum atomic E-state index is 12.8. The van der Waals surface area contributed by atoms with Gasteiger partial charge in [0.1, 0.15) is 5.69 Å². The van der Waals surface area contributed by atoms with E-state index < -0.39 is 0 Å². The molecule has 0 bridgehead atoms. The van der Waals surface area contributed by atoms with E-state index in [1.165, 1.54) is 0 Å². The Morgan fingerprint density at radius 3 is 2.64 bits per heavy atom. The van der Waals surface area contributed by atoms with E-state index in [1.54, 1.807) is 11.3 Å². The van der Waals surface area contributed by atoms with Crippen molar-refractivity contribution in [3.8, 4) is 10.6 Å². The molecule has 1 unspecified atom stereocenters. The summed E-state index contributed by atoms with van der Waals surface area (Å²) in [6.45, 7) is 5.66. The van der Waals surface area contributed by atoms with Gasteiger partial charge in [0, 0.05) is 18.8 Å². The van der Waals surface area contributed by atoms with Crippen LogP contribution in [-0.2, 0) is 4.79 Å². The van der Waals surface area contributed by atoms with E-state index in [4.69, 9.17) is 0 Å². The molecule has 1 aromatic carbocycles. The summed E-state index contributed by atoms with van der Waals surface area (Å²) in [6.07, 6.45) is 1.87. The number of carbonyl (C=O) groups excluding carboxylic acids is 1. The van der Waals surface area contributed by atoms with Crippen molar-refractivity contribution in [2.75, 3.05) is 23.3 Å². The van der Waals surface area contributed by atoms with Gasteiger partial charge in [0.15, 0.2) is 5.82 Å². The van der Waals surface area contributed by atoms with E-state index in [9.17, 15) is 4.79 Å². The van der Waals surface area contributed by atoms with Crippen LogP contribution in [0.15, 0.2) is 47.8 Å². The molecule has 5 nitrogen and oxygen atoms in total. The number of anilines is 2. The van der Waals surface area contributed by atoms with E-state index >= 15 is 0 Å². The zero-order valence-corrected chi connectivity index (χ0v) is 17.0. The highest BCUT2D eigenvalue weighted by Gasteiger charge is 2.27. The Labute approximate surface area is 169 Å². The highest BCUT2D eigenvalue weighted by Crippen LogP contribution is 2.26. The molecule has 0 spiro atoms. The van der Waals surface area contributed by atoms with Gasteiger partial charge < -0.3 is 10.2 Å². The van der Waals surface area contributed by atoms with E-state index in [0.717, 1.165) is 52.6 Å². The van der Waals surface area contributed by atoms with Crippen molar-refractivity contribution in [2.45, 2.75) is 26.7 Å². The van der Waals surface area contributed by atoms with Crippen LogP contribution in [0, 0.1) is 19.8 Å². The minimum absolute atomic E-state index is 0.0478. The van der Waals surface area contributed by atoms with Crippen LogP contribution in [0.2, 0.25) is 0 Å². The molecule has 1 atom stereocenters. The molecule has 3 heterocycles. The monoisotopic (exact) mass is 392 g/mol. The van der Waals surface area contributed by atoms with Crippen LogP contribution in [0.1, 0.15) is 24.0 Å². The maximum absolute atomic E-state index is 12.8. The molecule has 6 heteroatoms.